The molecule has 5 rings (SSSR count). The molecule has 6 nitrogen and oxygen atoms in total. The van der Waals surface area contributed by atoms with Crippen LogP contribution in [0.2, 0.25) is 0 Å². The van der Waals surface area contributed by atoms with Crippen LogP contribution in [-0.4, -0.2) is 38.4 Å². The number of alkyl halides is 3. The van der Waals surface area contributed by atoms with E-state index in [0.29, 0.717) is 17.4 Å². The Hall–Kier alpha value is -3.92. The lowest BCUT2D eigenvalue weighted by molar-refractivity contribution is -0.137. The largest absolute Gasteiger partial charge is 0.416 e. The van der Waals surface area contributed by atoms with Crippen LogP contribution in [0.4, 0.5) is 18.9 Å². The number of para-hydroxylation sites is 1. The Labute approximate surface area is 222 Å². The second kappa shape index (κ2) is 10.8. The molecule has 0 radical (unpaired) electrons. The molecule has 1 aliphatic heterocycles. The van der Waals surface area contributed by atoms with Gasteiger partial charge in [0, 0.05) is 23.5 Å². The normalized spacial score (nSPS) is 15.3. The van der Waals surface area contributed by atoms with Gasteiger partial charge < -0.3 is 4.90 Å². The molecule has 0 saturated carbocycles. The number of hydrogen-bond acceptors (Lipinski definition) is 5. The second-order valence-corrected chi connectivity index (χ2v) is 10.1. The fraction of sp³-hybridized carbons (Fsp3) is 0.214. The third-order valence-electron chi connectivity index (χ3n) is 6.10. The number of halogens is 3. The summed E-state index contributed by atoms with van der Waals surface area (Å²) >= 11 is 1.69. The van der Waals surface area contributed by atoms with Gasteiger partial charge in [-0.3, -0.25) is 0 Å². The summed E-state index contributed by atoms with van der Waals surface area (Å²) in [5.74, 6) is 1.84. The molecule has 0 amide bonds. The molecule has 0 atom stereocenters. The number of hydrogen-bond donors (Lipinski definition) is 0. The fourth-order valence-corrected chi connectivity index (χ4v) is 5.02. The number of aromatic nitrogens is 3. The molecule has 2 heterocycles. The third kappa shape index (κ3) is 5.65. The minimum absolute atomic E-state index is 0.413. The van der Waals surface area contributed by atoms with Crippen molar-refractivity contribution in [3.63, 3.8) is 0 Å². The van der Waals surface area contributed by atoms with E-state index in [1.165, 1.54) is 34.4 Å². The van der Waals surface area contributed by atoms with E-state index >= 15 is 0 Å². The molecule has 194 valence electrons. The van der Waals surface area contributed by atoms with Gasteiger partial charge in [0.2, 0.25) is 0 Å². The van der Waals surface area contributed by atoms with Crippen LogP contribution in [0.5, 0.6) is 0 Å². The highest BCUT2D eigenvalue weighted by Gasteiger charge is 2.30. The molecule has 10 heteroatoms. The number of rotatable bonds is 6. The van der Waals surface area contributed by atoms with Crippen LogP contribution in [-0.2, 0) is 6.18 Å². The zero-order valence-corrected chi connectivity index (χ0v) is 21.6. The summed E-state index contributed by atoms with van der Waals surface area (Å²) in [6.45, 7) is 5.27. The van der Waals surface area contributed by atoms with Gasteiger partial charge in [-0.05, 0) is 47.4 Å². The first-order valence-corrected chi connectivity index (χ1v) is 13.1. The van der Waals surface area contributed by atoms with E-state index in [0.717, 1.165) is 40.7 Å². The molecule has 0 bridgehead atoms. The second-order valence-electron chi connectivity index (χ2n) is 9.02. The summed E-state index contributed by atoms with van der Waals surface area (Å²) in [7, 11) is 0. The van der Waals surface area contributed by atoms with Crippen molar-refractivity contribution in [2.24, 2.45) is 10.2 Å². The minimum Gasteiger partial charge on any atom is -0.318 e. The Balaban J connectivity index is 1.27. The number of anilines is 1. The van der Waals surface area contributed by atoms with Crippen molar-refractivity contribution in [3.05, 3.63) is 95.8 Å². The quantitative estimate of drug-likeness (QED) is 0.197. The summed E-state index contributed by atoms with van der Waals surface area (Å²) in [4.78, 5) is 6.52. The lowest BCUT2D eigenvalue weighted by atomic mass is 10.0. The lowest BCUT2D eigenvalue weighted by Gasteiger charge is -2.22. The van der Waals surface area contributed by atoms with Crippen molar-refractivity contribution in [1.82, 2.24) is 14.8 Å². The number of benzene rings is 3. The SMILES string of the molecule is CC(C)c1ccccc1N1CCS/C1=N\N=C\c1ccc(-c2ncn(-c3ccc(C(F)(F)F)cc3)n2)cc1. The smallest absolute Gasteiger partial charge is 0.318 e. The molecule has 0 aliphatic carbocycles. The predicted octanol–water partition coefficient (Wildman–Crippen LogP) is 7.02. The van der Waals surface area contributed by atoms with Gasteiger partial charge in [-0.1, -0.05) is 68.1 Å². The molecule has 38 heavy (non-hydrogen) atoms. The number of thioether (sulfide) groups is 1. The van der Waals surface area contributed by atoms with Crippen LogP contribution in [0, 0.1) is 0 Å². The van der Waals surface area contributed by atoms with Crippen LogP contribution < -0.4 is 4.90 Å². The molecule has 1 saturated heterocycles. The van der Waals surface area contributed by atoms with E-state index in [1.54, 1.807) is 18.0 Å². The Bertz CT molecular complexity index is 1460. The van der Waals surface area contributed by atoms with Crippen molar-refractivity contribution >= 4 is 28.8 Å². The average molecular weight is 535 g/mol. The van der Waals surface area contributed by atoms with Crippen LogP contribution in [0.1, 0.15) is 36.5 Å². The molecule has 0 unspecified atom stereocenters. The van der Waals surface area contributed by atoms with Crippen molar-refractivity contribution < 1.29 is 13.2 Å². The first-order chi connectivity index (χ1) is 18.3. The minimum atomic E-state index is -4.38. The molecular formula is C28H25F3N6S. The number of nitrogens with zero attached hydrogens (tertiary/aromatic N) is 6. The van der Waals surface area contributed by atoms with Gasteiger partial charge in [0.05, 0.1) is 17.5 Å². The molecule has 3 aromatic carbocycles. The molecule has 1 fully saturated rings. The van der Waals surface area contributed by atoms with Crippen molar-refractivity contribution in [3.8, 4) is 17.1 Å². The summed E-state index contributed by atoms with van der Waals surface area (Å²) in [6, 6.07) is 20.7. The van der Waals surface area contributed by atoms with Crippen molar-refractivity contribution in [1.29, 1.82) is 0 Å². The maximum atomic E-state index is 12.8. The lowest BCUT2D eigenvalue weighted by Crippen LogP contribution is -2.24. The van der Waals surface area contributed by atoms with E-state index in [-0.39, 0.29) is 0 Å². The highest BCUT2D eigenvalue weighted by Crippen LogP contribution is 2.32. The summed E-state index contributed by atoms with van der Waals surface area (Å²) in [5.41, 5.74) is 3.91. The van der Waals surface area contributed by atoms with Gasteiger partial charge in [-0.25, -0.2) is 9.67 Å². The molecule has 1 aromatic heterocycles. The summed E-state index contributed by atoms with van der Waals surface area (Å²) in [5, 5.41) is 14.1. The van der Waals surface area contributed by atoms with Crippen molar-refractivity contribution in [2.45, 2.75) is 25.9 Å². The standard InChI is InChI=1S/C28H25F3N6S/c1-19(2)24-5-3-4-6-25(24)36-15-16-38-27(36)34-33-17-20-7-9-21(10-8-20)26-32-18-37(35-26)23-13-11-22(12-14-23)28(29,30)31/h3-14,17-19H,15-16H2,1-2H3/b33-17+,34-27-. The van der Waals surface area contributed by atoms with Gasteiger partial charge in [0.1, 0.15) is 6.33 Å². The molecule has 0 N–H and O–H groups in total. The monoisotopic (exact) mass is 534 g/mol. The van der Waals surface area contributed by atoms with Gasteiger partial charge in [0.15, 0.2) is 11.0 Å². The van der Waals surface area contributed by atoms with E-state index in [2.05, 4.69) is 57.2 Å². The molecule has 4 aromatic rings. The topological polar surface area (TPSA) is 58.7 Å². The Morgan fingerprint density at radius 1 is 0.974 bits per heavy atom. The van der Waals surface area contributed by atoms with Crippen molar-refractivity contribution in [2.75, 3.05) is 17.2 Å². The first kappa shape index (κ1) is 25.7. The number of amidine groups is 1. The molecule has 0 spiro atoms. The Morgan fingerprint density at radius 2 is 1.71 bits per heavy atom. The summed E-state index contributed by atoms with van der Waals surface area (Å²) in [6.07, 6.45) is -1.19. The molecular weight excluding hydrogens is 509 g/mol. The van der Waals surface area contributed by atoms with Gasteiger partial charge in [-0.15, -0.1) is 10.2 Å². The highest BCUT2D eigenvalue weighted by molar-refractivity contribution is 8.14. The van der Waals surface area contributed by atoms with Crippen LogP contribution in [0.3, 0.4) is 0 Å². The van der Waals surface area contributed by atoms with Crippen LogP contribution in [0.25, 0.3) is 17.1 Å². The van der Waals surface area contributed by atoms with E-state index < -0.39 is 11.7 Å². The van der Waals surface area contributed by atoms with Gasteiger partial charge in [0.25, 0.3) is 0 Å². The Morgan fingerprint density at radius 3 is 2.42 bits per heavy atom. The maximum absolute atomic E-state index is 12.8. The van der Waals surface area contributed by atoms with Crippen LogP contribution >= 0.6 is 11.8 Å². The maximum Gasteiger partial charge on any atom is 0.416 e. The fourth-order valence-electron chi connectivity index (χ4n) is 4.12. The average Bonchev–Trinajstić information content (AvgIpc) is 3.59. The first-order valence-electron chi connectivity index (χ1n) is 12.1. The van der Waals surface area contributed by atoms with Crippen LogP contribution in [0.15, 0.2) is 89.3 Å². The summed E-state index contributed by atoms with van der Waals surface area (Å²) < 4.78 is 39.9. The van der Waals surface area contributed by atoms with Gasteiger partial charge >= 0.3 is 6.18 Å². The van der Waals surface area contributed by atoms with E-state index in [9.17, 15) is 13.2 Å². The van der Waals surface area contributed by atoms with E-state index in [1.807, 2.05) is 30.3 Å². The zero-order valence-electron chi connectivity index (χ0n) is 20.8. The van der Waals surface area contributed by atoms with E-state index in [4.69, 9.17) is 0 Å². The predicted molar refractivity (Wildman–Crippen MR) is 147 cm³/mol. The third-order valence-corrected chi connectivity index (χ3v) is 7.04. The molecule has 1 aliphatic rings. The van der Waals surface area contributed by atoms with Gasteiger partial charge in [-0.2, -0.15) is 18.3 Å². The highest BCUT2D eigenvalue weighted by atomic mass is 32.2. The Kier molecular flexibility index (Phi) is 7.33. The zero-order chi connectivity index (χ0) is 26.7.